The summed E-state index contributed by atoms with van der Waals surface area (Å²) < 4.78 is 17.6. The fourth-order valence-corrected chi connectivity index (χ4v) is 5.21. The summed E-state index contributed by atoms with van der Waals surface area (Å²) in [5, 5.41) is 0. The van der Waals surface area contributed by atoms with E-state index in [9.17, 15) is 4.79 Å². The van der Waals surface area contributed by atoms with Crippen molar-refractivity contribution in [3.05, 3.63) is 47.7 Å². The lowest BCUT2D eigenvalue weighted by atomic mass is 9.54. The van der Waals surface area contributed by atoms with Gasteiger partial charge in [0.1, 0.15) is 0 Å². The summed E-state index contributed by atoms with van der Waals surface area (Å²) in [4.78, 5) is 12.7. The summed E-state index contributed by atoms with van der Waals surface area (Å²) in [5.41, 5.74) is 1.05. The maximum Gasteiger partial charge on any atom is 0.232 e. The number of allylic oxidation sites excluding steroid dienone is 2. The summed E-state index contributed by atoms with van der Waals surface area (Å²) in [5.74, 6) is 0.241. The molecule has 24 heavy (non-hydrogen) atoms. The zero-order valence-electron chi connectivity index (χ0n) is 14.5. The fraction of sp³-hybridized carbons (Fsp3) is 0.550. The number of ketones is 1. The van der Waals surface area contributed by atoms with Crippen LogP contribution in [-0.4, -0.2) is 32.4 Å². The van der Waals surface area contributed by atoms with E-state index in [2.05, 4.69) is 25.1 Å². The number of hydrogen-bond acceptors (Lipinski definition) is 4. The molecule has 2 fully saturated rings. The minimum absolute atomic E-state index is 0.0142. The third-order valence-corrected chi connectivity index (χ3v) is 6.22. The molecule has 0 bridgehead atoms. The Morgan fingerprint density at radius 1 is 1.21 bits per heavy atom. The van der Waals surface area contributed by atoms with Gasteiger partial charge in [0.25, 0.3) is 0 Å². The third kappa shape index (κ3) is 1.96. The molecule has 1 heterocycles. The molecule has 0 amide bonds. The van der Waals surface area contributed by atoms with E-state index in [4.69, 9.17) is 14.2 Å². The van der Waals surface area contributed by atoms with Crippen molar-refractivity contribution in [3.8, 4) is 0 Å². The highest BCUT2D eigenvalue weighted by atomic mass is 16.7. The molecule has 0 N–H and O–H groups in total. The van der Waals surface area contributed by atoms with E-state index < -0.39 is 5.79 Å². The molecule has 0 aromatic heterocycles. The van der Waals surface area contributed by atoms with E-state index in [1.807, 2.05) is 18.2 Å². The molecule has 1 aromatic carbocycles. The number of hydrogen-bond donors (Lipinski definition) is 0. The second-order valence-electron chi connectivity index (χ2n) is 7.39. The van der Waals surface area contributed by atoms with Crippen molar-refractivity contribution in [2.24, 2.45) is 17.3 Å². The van der Waals surface area contributed by atoms with Crippen molar-refractivity contribution >= 4 is 5.78 Å². The standard InChI is InChI=1S/C20H24O4/c1-19-10-9-16(21)20(23-3)18(19)14(12-24-20)17(15(11-19)22-2)13-7-5-4-6-8-13/h4-8,11,14,17-18H,9-10,12H2,1-3H3/t14-,17-,18-,19+,20+/m0/s1. The Hall–Kier alpha value is -1.65. The topological polar surface area (TPSA) is 44.8 Å². The number of benzene rings is 1. The van der Waals surface area contributed by atoms with Gasteiger partial charge in [0.2, 0.25) is 5.79 Å². The second kappa shape index (κ2) is 5.43. The Kier molecular flexibility index (Phi) is 3.59. The van der Waals surface area contributed by atoms with E-state index in [0.717, 1.165) is 12.2 Å². The first-order valence-corrected chi connectivity index (χ1v) is 8.60. The fourth-order valence-electron chi connectivity index (χ4n) is 5.21. The van der Waals surface area contributed by atoms with Crippen LogP contribution in [0, 0.1) is 17.3 Å². The number of methoxy groups -OCH3 is 2. The van der Waals surface area contributed by atoms with Crippen LogP contribution < -0.4 is 0 Å². The summed E-state index contributed by atoms with van der Waals surface area (Å²) in [7, 11) is 3.33. The predicted molar refractivity (Wildman–Crippen MR) is 89.3 cm³/mol. The van der Waals surface area contributed by atoms with Crippen LogP contribution in [0.25, 0.3) is 0 Å². The van der Waals surface area contributed by atoms with E-state index >= 15 is 0 Å². The molecule has 3 aliphatic rings. The Bertz CT molecular complexity index is 682. The predicted octanol–water partition coefficient (Wildman–Crippen LogP) is 3.29. The normalized spacial score (nSPS) is 40.9. The average molecular weight is 328 g/mol. The van der Waals surface area contributed by atoms with E-state index in [1.54, 1.807) is 14.2 Å². The first-order chi connectivity index (χ1) is 11.6. The summed E-state index contributed by atoms with van der Waals surface area (Å²) in [6.07, 6.45) is 3.52. The van der Waals surface area contributed by atoms with E-state index in [-0.39, 0.29) is 29.0 Å². The van der Waals surface area contributed by atoms with Gasteiger partial charge in [-0.15, -0.1) is 0 Å². The van der Waals surface area contributed by atoms with Crippen LogP contribution in [-0.2, 0) is 19.0 Å². The second-order valence-corrected chi connectivity index (χ2v) is 7.39. The molecule has 0 radical (unpaired) electrons. The van der Waals surface area contributed by atoms with Gasteiger partial charge in [-0.2, -0.15) is 0 Å². The monoisotopic (exact) mass is 328 g/mol. The number of carbonyl (C=O) groups excluding carboxylic acids is 1. The van der Waals surface area contributed by atoms with Crippen LogP contribution in [0.15, 0.2) is 42.2 Å². The average Bonchev–Trinajstić information content (AvgIpc) is 3.02. The van der Waals surface area contributed by atoms with Crippen molar-refractivity contribution in [1.29, 1.82) is 0 Å². The van der Waals surface area contributed by atoms with Gasteiger partial charge < -0.3 is 14.2 Å². The molecule has 2 aliphatic carbocycles. The Morgan fingerprint density at radius 2 is 1.96 bits per heavy atom. The smallest absolute Gasteiger partial charge is 0.232 e. The van der Waals surface area contributed by atoms with Crippen LogP contribution in [0.4, 0.5) is 0 Å². The van der Waals surface area contributed by atoms with Crippen LogP contribution in [0.2, 0.25) is 0 Å². The van der Waals surface area contributed by atoms with Crippen molar-refractivity contribution in [3.63, 3.8) is 0 Å². The van der Waals surface area contributed by atoms with Crippen molar-refractivity contribution in [2.45, 2.75) is 31.5 Å². The first-order valence-electron chi connectivity index (χ1n) is 8.60. The molecule has 1 aliphatic heterocycles. The highest BCUT2D eigenvalue weighted by molar-refractivity contribution is 5.88. The molecule has 0 spiro atoms. The van der Waals surface area contributed by atoms with Crippen LogP contribution in [0.3, 0.4) is 0 Å². The molecular weight excluding hydrogens is 304 g/mol. The number of rotatable bonds is 3. The molecule has 0 unspecified atom stereocenters. The lowest BCUT2D eigenvalue weighted by Crippen LogP contribution is -2.58. The van der Waals surface area contributed by atoms with Gasteiger partial charge in [0, 0.05) is 31.3 Å². The minimum atomic E-state index is -1.10. The molecule has 4 rings (SSSR count). The Labute approximate surface area is 142 Å². The van der Waals surface area contributed by atoms with Gasteiger partial charge in [0.15, 0.2) is 5.78 Å². The molecule has 4 nitrogen and oxygen atoms in total. The number of ether oxygens (including phenoxy) is 3. The molecule has 128 valence electrons. The number of carbonyl (C=O) groups is 1. The Morgan fingerprint density at radius 3 is 2.62 bits per heavy atom. The third-order valence-electron chi connectivity index (χ3n) is 6.22. The van der Waals surface area contributed by atoms with Crippen molar-refractivity contribution in [1.82, 2.24) is 0 Å². The molecular formula is C20H24O4. The van der Waals surface area contributed by atoms with Gasteiger partial charge in [-0.1, -0.05) is 37.3 Å². The van der Waals surface area contributed by atoms with Crippen LogP contribution >= 0.6 is 0 Å². The lowest BCUT2D eigenvalue weighted by molar-refractivity contribution is -0.232. The molecule has 1 saturated heterocycles. The number of Topliss-reactive ketones (excluding diaryl/α,β-unsaturated/α-hetero) is 1. The molecule has 1 saturated carbocycles. The summed E-state index contributed by atoms with van der Waals surface area (Å²) in [6, 6.07) is 10.3. The summed E-state index contributed by atoms with van der Waals surface area (Å²) in [6.45, 7) is 2.72. The maximum absolute atomic E-state index is 12.7. The molecule has 1 aromatic rings. The largest absolute Gasteiger partial charge is 0.501 e. The zero-order valence-corrected chi connectivity index (χ0v) is 14.5. The van der Waals surface area contributed by atoms with Crippen LogP contribution in [0.1, 0.15) is 31.2 Å². The molecule has 5 atom stereocenters. The highest BCUT2D eigenvalue weighted by Gasteiger charge is 2.67. The maximum atomic E-state index is 12.7. The highest BCUT2D eigenvalue weighted by Crippen LogP contribution is 2.62. The van der Waals surface area contributed by atoms with Crippen molar-refractivity contribution in [2.75, 3.05) is 20.8 Å². The SMILES string of the molecule is COC1=C[C@@]2(C)CCC(=O)[C@@]3(OC)OC[C@H]([C@H]32)[C@@H]1c1ccccc1. The van der Waals surface area contributed by atoms with Gasteiger partial charge in [0.05, 0.1) is 19.5 Å². The van der Waals surface area contributed by atoms with Crippen LogP contribution in [0.5, 0.6) is 0 Å². The van der Waals surface area contributed by atoms with E-state index in [1.165, 1.54) is 5.56 Å². The molecule has 4 heteroatoms. The van der Waals surface area contributed by atoms with Gasteiger partial charge in [-0.05, 0) is 23.5 Å². The zero-order chi connectivity index (χ0) is 16.9. The minimum Gasteiger partial charge on any atom is -0.501 e. The van der Waals surface area contributed by atoms with E-state index in [0.29, 0.717) is 13.0 Å². The quantitative estimate of drug-likeness (QED) is 0.854. The Balaban J connectivity index is 1.88. The summed E-state index contributed by atoms with van der Waals surface area (Å²) >= 11 is 0. The van der Waals surface area contributed by atoms with Gasteiger partial charge in [-0.3, -0.25) is 4.79 Å². The van der Waals surface area contributed by atoms with Crippen molar-refractivity contribution < 1.29 is 19.0 Å². The lowest BCUT2D eigenvalue weighted by Gasteiger charge is -2.51. The van der Waals surface area contributed by atoms with Gasteiger partial charge >= 0.3 is 0 Å². The first kappa shape index (κ1) is 15.9. The van der Waals surface area contributed by atoms with Gasteiger partial charge in [-0.25, -0.2) is 0 Å².